The van der Waals surface area contributed by atoms with Crippen molar-refractivity contribution in [2.75, 3.05) is 10.8 Å². The third kappa shape index (κ3) is 6.18. The molecule has 0 fully saturated rings. The summed E-state index contributed by atoms with van der Waals surface area (Å²) >= 11 is 2.67. The fourth-order valence-electron chi connectivity index (χ4n) is 2.74. The van der Waals surface area contributed by atoms with Crippen molar-refractivity contribution in [1.82, 2.24) is 4.98 Å². The van der Waals surface area contributed by atoms with Crippen LogP contribution in [-0.2, 0) is 6.61 Å². The van der Waals surface area contributed by atoms with Crippen molar-refractivity contribution in [2.45, 2.75) is 37.9 Å². The summed E-state index contributed by atoms with van der Waals surface area (Å²) in [5.41, 5.74) is 2.61. The fourth-order valence-corrected chi connectivity index (χ4v) is 4.74. The van der Waals surface area contributed by atoms with Gasteiger partial charge in [-0.3, -0.25) is 0 Å². The average molecular weight is 465 g/mol. The Balaban J connectivity index is 1.88. The van der Waals surface area contributed by atoms with Crippen molar-refractivity contribution in [1.29, 1.82) is 0 Å². The number of hydrogen-bond acceptors (Lipinski definition) is 6. The molecule has 3 rings (SSSR count). The molecule has 0 saturated heterocycles. The van der Waals surface area contributed by atoms with Crippen molar-refractivity contribution in [3.05, 3.63) is 70.0 Å². The molecule has 31 heavy (non-hydrogen) atoms. The highest BCUT2D eigenvalue weighted by Gasteiger charge is 2.20. The van der Waals surface area contributed by atoms with Gasteiger partial charge in [0.05, 0.1) is 17.8 Å². The minimum absolute atomic E-state index is 0.0233. The van der Waals surface area contributed by atoms with Crippen molar-refractivity contribution >= 4 is 34.9 Å². The van der Waals surface area contributed by atoms with Crippen molar-refractivity contribution in [2.24, 2.45) is 0 Å². The van der Waals surface area contributed by atoms with E-state index in [1.54, 1.807) is 29.4 Å². The summed E-state index contributed by atoms with van der Waals surface area (Å²) < 4.78 is 36.7. The predicted octanol–water partition coefficient (Wildman–Crippen LogP) is 6.05. The van der Waals surface area contributed by atoms with Crippen LogP contribution >= 0.6 is 23.3 Å². The van der Waals surface area contributed by atoms with Crippen LogP contribution in [0, 0.1) is 19.7 Å². The lowest BCUT2D eigenvalue weighted by Gasteiger charge is -2.25. The van der Waals surface area contributed by atoms with Crippen molar-refractivity contribution in [3.63, 3.8) is 0 Å². The van der Waals surface area contributed by atoms with E-state index < -0.39 is 18.0 Å². The number of anilines is 1. The minimum Gasteiger partial charge on any atom is -0.487 e. The number of benzene rings is 2. The summed E-state index contributed by atoms with van der Waals surface area (Å²) in [6.45, 7) is 5.12. The van der Waals surface area contributed by atoms with Gasteiger partial charge in [0.2, 0.25) is 0 Å². The average Bonchev–Trinajstić information content (AvgIpc) is 3.12. The van der Waals surface area contributed by atoms with Gasteiger partial charge in [0, 0.05) is 29.1 Å². The van der Waals surface area contributed by atoms with Crippen molar-refractivity contribution in [3.8, 4) is 5.75 Å². The molecule has 1 N–H and O–H groups in total. The molecule has 2 aromatic carbocycles. The van der Waals surface area contributed by atoms with E-state index in [9.17, 15) is 13.6 Å². The maximum atomic E-state index is 14.4. The molecule has 0 bridgehead atoms. The number of aromatic nitrogens is 1. The van der Waals surface area contributed by atoms with Crippen LogP contribution < -0.4 is 9.04 Å². The molecule has 5 nitrogen and oxygen atoms in total. The highest BCUT2D eigenvalue weighted by Crippen LogP contribution is 2.39. The van der Waals surface area contributed by atoms with E-state index in [0.29, 0.717) is 21.3 Å². The van der Waals surface area contributed by atoms with E-state index in [1.807, 2.05) is 12.3 Å². The second-order valence-electron chi connectivity index (χ2n) is 7.05. The molecule has 1 atom stereocenters. The third-order valence-electron chi connectivity index (χ3n) is 4.31. The molecule has 0 aliphatic heterocycles. The first kappa shape index (κ1) is 23.0. The first-order valence-electron chi connectivity index (χ1n) is 9.50. The molecule has 1 unspecified atom stereocenters. The zero-order chi connectivity index (χ0) is 22.5. The molecule has 0 spiro atoms. The molecular formula is C22H22F2N2O3S2. The van der Waals surface area contributed by atoms with Gasteiger partial charge in [-0.2, -0.15) is 0 Å². The van der Waals surface area contributed by atoms with Gasteiger partial charge < -0.3 is 14.1 Å². The van der Waals surface area contributed by atoms with Gasteiger partial charge in [-0.25, -0.2) is 18.6 Å². The Morgan fingerprint density at radius 2 is 2.00 bits per heavy atom. The Bertz CT molecular complexity index is 1060. The number of alkyl halides is 1. The Morgan fingerprint density at radius 3 is 2.58 bits per heavy atom. The number of nitrogens with zero attached hydrogens (tertiary/aromatic N) is 2. The number of rotatable bonds is 9. The summed E-state index contributed by atoms with van der Waals surface area (Å²) in [6, 6.07) is 9.24. The number of carboxylic acids is 1. The van der Waals surface area contributed by atoms with Gasteiger partial charge in [0.15, 0.2) is 4.34 Å². The van der Waals surface area contributed by atoms with Crippen LogP contribution in [0.25, 0.3) is 0 Å². The Morgan fingerprint density at radius 1 is 1.29 bits per heavy atom. The van der Waals surface area contributed by atoms with E-state index in [-0.39, 0.29) is 18.7 Å². The van der Waals surface area contributed by atoms with Crippen LogP contribution in [0.3, 0.4) is 0 Å². The van der Waals surface area contributed by atoms with E-state index in [2.05, 4.69) is 4.98 Å². The molecule has 0 aliphatic carbocycles. The van der Waals surface area contributed by atoms with Gasteiger partial charge in [0.1, 0.15) is 24.3 Å². The zero-order valence-electron chi connectivity index (χ0n) is 17.3. The zero-order valence-corrected chi connectivity index (χ0v) is 18.9. The monoisotopic (exact) mass is 464 g/mol. The Kier molecular flexibility index (Phi) is 7.50. The number of ether oxygens (including phenoxy) is 1. The minimum atomic E-state index is -1.16. The number of hydrogen-bond donors (Lipinski definition) is 1. The fraction of sp³-hybridized carbons (Fsp3) is 0.273. The van der Waals surface area contributed by atoms with Gasteiger partial charge in [-0.05, 0) is 50.1 Å². The summed E-state index contributed by atoms with van der Waals surface area (Å²) in [5.74, 6) is -1.02. The Labute approximate surface area is 187 Å². The lowest BCUT2D eigenvalue weighted by molar-refractivity contribution is 0.0697. The molecule has 0 aliphatic rings. The van der Waals surface area contributed by atoms with Crippen LogP contribution in [0.4, 0.5) is 14.5 Å². The number of halogens is 2. The van der Waals surface area contributed by atoms with Crippen LogP contribution in [0.5, 0.6) is 5.75 Å². The molecule has 0 amide bonds. The third-order valence-corrected chi connectivity index (χ3v) is 6.39. The predicted molar refractivity (Wildman–Crippen MR) is 119 cm³/mol. The summed E-state index contributed by atoms with van der Waals surface area (Å²) in [7, 11) is 0. The number of aryl methyl sites for hydroxylation is 2. The molecule has 9 heteroatoms. The highest BCUT2D eigenvalue weighted by atomic mass is 32.2. The van der Waals surface area contributed by atoms with Crippen LogP contribution in [0.15, 0.2) is 46.1 Å². The maximum Gasteiger partial charge on any atom is 0.335 e. The standard InChI is InChI=1S/C22H22F2N2O3S2/c1-13-8-20(29-11-16-4-6-17(7-5-16)21(27)28)19(9-18(13)24)26(10-14(2)23)31-22-25-15(3)12-30-22/h4-9,12,14H,10-11H2,1-3H3,(H,27,28). The lowest BCUT2D eigenvalue weighted by atomic mass is 10.1. The first-order valence-corrected chi connectivity index (χ1v) is 11.1. The van der Waals surface area contributed by atoms with E-state index in [4.69, 9.17) is 9.84 Å². The largest absolute Gasteiger partial charge is 0.487 e. The highest BCUT2D eigenvalue weighted by molar-refractivity contribution is 8.02. The first-order chi connectivity index (χ1) is 14.7. The van der Waals surface area contributed by atoms with Gasteiger partial charge in [0.25, 0.3) is 0 Å². The molecule has 164 valence electrons. The summed E-state index contributed by atoms with van der Waals surface area (Å²) in [5, 5.41) is 10.9. The number of carbonyl (C=O) groups is 1. The van der Waals surface area contributed by atoms with E-state index in [1.165, 1.54) is 48.4 Å². The molecule has 3 aromatic rings. The smallest absolute Gasteiger partial charge is 0.335 e. The number of thiazole rings is 1. The topological polar surface area (TPSA) is 62.7 Å². The SMILES string of the molecule is Cc1csc(SN(CC(C)F)c2cc(F)c(C)cc2OCc2ccc(C(=O)O)cc2)n1. The lowest BCUT2D eigenvalue weighted by Crippen LogP contribution is -2.23. The van der Waals surface area contributed by atoms with E-state index >= 15 is 0 Å². The normalized spacial score (nSPS) is 11.9. The number of carboxylic acid groups (broad SMARTS) is 1. The molecule has 0 radical (unpaired) electrons. The molecule has 1 aromatic heterocycles. The molecule has 1 heterocycles. The second kappa shape index (κ2) is 10.1. The van der Waals surface area contributed by atoms with E-state index in [0.717, 1.165) is 11.3 Å². The van der Waals surface area contributed by atoms with Gasteiger partial charge in [-0.15, -0.1) is 11.3 Å². The summed E-state index contributed by atoms with van der Waals surface area (Å²) in [6.07, 6.45) is -1.16. The maximum absolute atomic E-state index is 14.4. The number of aromatic carboxylic acids is 1. The van der Waals surface area contributed by atoms with Crippen LogP contribution in [0.2, 0.25) is 0 Å². The Hall–Kier alpha value is -2.65. The van der Waals surface area contributed by atoms with Crippen LogP contribution in [-0.4, -0.2) is 28.8 Å². The van der Waals surface area contributed by atoms with Crippen molar-refractivity contribution < 1.29 is 23.4 Å². The second-order valence-corrected chi connectivity index (χ2v) is 9.17. The molecule has 0 saturated carbocycles. The quantitative estimate of drug-likeness (QED) is 0.389. The van der Waals surface area contributed by atoms with Gasteiger partial charge >= 0.3 is 5.97 Å². The molecular weight excluding hydrogens is 442 g/mol. The summed E-state index contributed by atoms with van der Waals surface area (Å²) in [4.78, 5) is 15.4. The van der Waals surface area contributed by atoms with Crippen LogP contribution in [0.1, 0.15) is 34.1 Å². The van der Waals surface area contributed by atoms with Gasteiger partial charge in [-0.1, -0.05) is 12.1 Å².